The Bertz CT molecular complexity index is 889. The van der Waals surface area contributed by atoms with E-state index in [4.69, 9.17) is 0 Å². The van der Waals surface area contributed by atoms with Gasteiger partial charge in [0.1, 0.15) is 0 Å². The van der Waals surface area contributed by atoms with Gasteiger partial charge in [-0.15, -0.1) is 0 Å². The molecule has 1 aromatic carbocycles. The molecule has 0 radical (unpaired) electrons. The molecule has 1 heterocycles. The van der Waals surface area contributed by atoms with Crippen molar-refractivity contribution in [2.45, 2.75) is 43.7 Å². The summed E-state index contributed by atoms with van der Waals surface area (Å²) in [4.78, 5) is 16.7. The van der Waals surface area contributed by atoms with E-state index < -0.39 is 21.8 Å². The minimum Gasteiger partial charge on any atom is -0.340 e. The highest BCUT2D eigenvalue weighted by Crippen LogP contribution is 2.32. The lowest BCUT2D eigenvalue weighted by atomic mass is 9.81. The van der Waals surface area contributed by atoms with Gasteiger partial charge >= 0.3 is 6.18 Å². The molecule has 2 aliphatic rings. The van der Waals surface area contributed by atoms with Crippen molar-refractivity contribution in [3.63, 3.8) is 0 Å². The van der Waals surface area contributed by atoms with Gasteiger partial charge in [-0.25, -0.2) is 13.1 Å². The SMILES string of the molecule is Cc1cc(C(F)(F)F)ccc1S(=O)(=O)NCC1CCC(C(=O)N2CCN(C)CC2)CC1. The molecule has 1 aliphatic heterocycles. The number of alkyl halides is 3. The van der Waals surface area contributed by atoms with Crippen LogP contribution in [0.3, 0.4) is 0 Å². The normalized spacial score (nSPS) is 23.7. The van der Waals surface area contributed by atoms with E-state index in [2.05, 4.69) is 9.62 Å². The number of aryl methyl sites for hydroxylation is 1. The van der Waals surface area contributed by atoms with Crippen LogP contribution in [0.15, 0.2) is 23.1 Å². The topological polar surface area (TPSA) is 69.7 Å². The van der Waals surface area contributed by atoms with Crippen LogP contribution in [0.4, 0.5) is 13.2 Å². The number of nitrogens with one attached hydrogen (secondary N) is 1. The van der Waals surface area contributed by atoms with Gasteiger partial charge in [0.15, 0.2) is 0 Å². The summed E-state index contributed by atoms with van der Waals surface area (Å²) < 4.78 is 66.2. The average Bonchev–Trinajstić information content (AvgIpc) is 2.72. The first-order valence-corrected chi connectivity index (χ1v) is 12.1. The predicted molar refractivity (Wildman–Crippen MR) is 111 cm³/mol. The van der Waals surface area contributed by atoms with E-state index in [1.165, 1.54) is 6.92 Å². The summed E-state index contributed by atoms with van der Waals surface area (Å²) in [5.74, 6) is 0.307. The van der Waals surface area contributed by atoms with Gasteiger partial charge in [0.05, 0.1) is 10.5 Å². The lowest BCUT2D eigenvalue weighted by Crippen LogP contribution is -2.49. The quantitative estimate of drug-likeness (QED) is 0.732. The van der Waals surface area contributed by atoms with Gasteiger partial charge in [-0.3, -0.25) is 4.79 Å². The third-order valence-corrected chi connectivity index (χ3v) is 7.95. The number of rotatable bonds is 5. The molecule has 0 spiro atoms. The van der Waals surface area contributed by atoms with E-state index in [-0.39, 0.29) is 34.7 Å². The number of amides is 1. The maximum Gasteiger partial charge on any atom is 0.416 e. The van der Waals surface area contributed by atoms with Crippen molar-refractivity contribution < 1.29 is 26.4 Å². The first-order chi connectivity index (χ1) is 14.5. The first-order valence-electron chi connectivity index (χ1n) is 10.6. The monoisotopic (exact) mass is 461 g/mol. The smallest absolute Gasteiger partial charge is 0.340 e. The minimum absolute atomic E-state index is 0.00609. The summed E-state index contributed by atoms with van der Waals surface area (Å²) in [5.41, 5.74) is -0.809. The highest BCUT2D eigenvalue weighted by atomic mass is 32.2. The molecule has 0 aromatic heterocycles. The molecule has 2 fully saturated rings. The Labute approximate surface area is 181 Å². The average molecular weight is 462 g/mol. The van der Waals surface area contributed by atoms with Crippen molar-refractivity contribution in [2.75, 3.05) is 39.8 Å². The van der Waals surface area contributed by atoms with Crippen LogP contribution in [0.1, 0.15) is 36.8 Å². The second kappa shape index (κ2) is 9.46. The number of piperazine rings is 1. The zero-order chi connectivity index (χ0) is 22.8. The Morgan fingerprint density at radius 3 is 2.26 bits per heavy atom. The van der Waals surface area contributed by atoms with E-state index in [1.54, 1.807) is 0 Å². The molecule has 0 atom stereocenters. The molecular weight excluding hydrogens is 431 g/mol. The number of likely N-dealkylation sites (N-methyl/N-ethyl adjacent to an activating group) is 1. The lowest BCUT2D eigenvalue weighted by Gasteiger charge is -2.36. The van der Waals surface area contributed by atoms with Gasteiger partial charge in [0.25, 0.3) is 0 Å². The number of hydrogen-bond acceptors (Lipinski definition) is 4. The first kappa shape index (κ1) is 24.0. The van der Waals surface area contributed by atoms with Gasteiger partial charge in [0, 0.05) is 38.6 Å². The van der Waals surface area contributed by atoms with Crippen LogP contribution in [-0.4, -0.2) is 63.9 Å². The maximum atomic E-state index is 12.8. The van der Waals surface area contributed by atoms with Crippen LogP contribution >= 0.6 is 0 Å². The molecule has 31 heavy (non-hydrogen) atoms. The molecule has 1 saturated heterocycles. The van der Waals surface area contributed by atoms with Crippen LogP contribution in [-0.2, 0) is 21.0 Å². The number of sulfonamides is 1. The molecule has 1 aliphatic carbocycles. The lowest BCUT2D eigenvalue weighted by molar-refractivity contribution is -0.138. The van der Waals surface area contributed by atoms with Crippen molar-refractivity contribution >= 4 is 15.9 Å². The van der Waals surface area contributed by atoms with Crippen molar-refractivity contribution in [3.05, 3.63) is 29.3 Å². The number of carbonyl (C=O) groups is 1. The van der Waals surface area contributed by atoms with Gasteiger partial charge in [0.2, 0.25) is 15.9 Å². The molecule has 1 amide bonds. The van der Waals surface area contributed by atoms with Crippen LogP contribution in [0, 0.1) is 18.8 Å². The summed E-state index contributed by atoms with van der Waals surface area (Å²) in [5, 5.41) is 0. The van der Waals surface area contributed by atoms with Gasteiger partial charge in [-0.1, -0.05) is 0 Å². The van der Waals surface area contributed by atoms with Crippen molar-refractivity contribution in [1.29, 1.82) is 0 Å². The Hall–Kier alpha value is -1.65. The third-order valence-electron chi connectivity index (χ3n) is 6.36. The van der Waals surface area contributed by atoms with Crippen LogP contribution in [0.25, 0.3) is 0 Å². The fourth-order valence-corrected chi connectivity index (χ4v) is 5.67. The van der Waals surface area contributed by atoms with Crippen molar-refractivity contribution in [2.24, 2.45) is 11.8 Å². The Kier molecular flexibility index (Phi) is 7.32. The van der Waals surface area contributed by atoms with Crippen LogP contribution in [0.2, 0.25) is 0 Å². The maximum absolute atomic E-state index is 12.8. The molecule has 1 aromatic rings. The van der Waals surface area contributed by atoms with Crippen molar-refractivity contribution in [3.8, 4) is 0 Å². The number of nitrogens with zero attached hydrogens (tertiary/aromatic N) is 2. The predicted octanol–water partition coefficient (Wildman–Crippen LogP) is 2.87. The molecule has 1 saturated carbocycles. The molecule has 1 N–H and O–H groups in total. The molecule has 6 nitrogen and oxygen atoms in total. The molecular formula is C21H30F3N3O3S. The Balaban J connectivity index is 1.51. The highest BCUT2D eigenvalue weighted by Gasteiger charge is 2.33. The van der Waals surface area contributed by atoms with E-state index in [9.17, 15) is 26.4 Å². The summed E-state index contributed by atoms with van der Waals surface area (Å²) >= 11 is 0. The number of carbonyl (C=O) groups excluding carboxylic acids is 1. The third kappa shape index (κ3) is 5.98. The summed E-state index contributed by atoms with van der Waals surface area (Å²) in [6.07, 6.45) is -1.55. The molecule has 174 valence electrons. The fraction of sp³-hybridized carbons (Fsp3) is 0.667. The van der Waals surface area contributed by atoms with E-state index in [0.717, 1.165) is 70.1 Å². The largest absolute Gasteiger partial charge is 0.416 e. The number of benzene rings is 1. The van der Waals surface area contributed by atoms with E-state index in [0.29, 0.717) is 0 Å². The Morgan fingerprint density at radius 2 is 1.71 bits per heavy atom. The summed E-state index contributed by atoms with van der Waals surface area (Å²) in [7, 11) is -1.86. The highest BCUT2D eigenvalue weighted by molar-refractivity contribution is 7.89. The zero-order valence-corrected chi connectivity index (χ0v) is 18.7. The molecule has 10 heteroatoms. The van der Waals surface area contributed by atoms with Crippen molar-refractivity contribution in [1.82, 2.24) is 14.5 Å². The number of halogens is 3. The second-order valence-corrected chi connectivity index (χ2v) is 10.4. The van der Waals surface area contributed by atoms with E-state index in [1.807, 2.05) is 11.9 Å². The minimum atomic E-state index is -4.51. The fourth-order valence-electron chi connectivity index (χ4n) is 4.33. The van der Waals surface area contributed by atoms with Crippen LogP contribution in [0.5, 0.6) is 0 Å². The zero-order valence-electron chi connectivity index (χ0n) is 17.9. The van der Waals surface area contributed by atoms with Gasteiger partial charge < -0.3 is 9.80 Å². The van der Waals surface area contributed by atoms with Gasteiger partial charge in [-0.2, -0.15) is 13.2 Å². The summed E-state index contributed by atoms with van der Waals surface area (Å²) in [6.45, 7) is 4.85. The molecule has 0 unspecified atom stereocenters. The number of hydrogen-bond donors (Lipinski definition) is 1. The second-order valence-electron chi connectivity index (χ2n) is 8.68. The standard InChI is InChI=1S/C21H30F3N3O3S/c1-15-13-18(21(22,23)24)7-8-19(15)31(29,30)25-14-16-3-5-17(6-4-16)20(28)27-11-9-26(2)10-12-27/h7-8,13,16-17,25H,3-6,9-12,14H2,1-2H3. The molecule has 0 bridgehead atoms. The summed E-state index contributed by atoms with van der Waals surface area (Å²) in [6, 6.07) is 2.65. The molecule has 3 rings (SSSR count). The van der Waals surface area contributed by atoms with Gasteiger partial charge in [-0.05, 0) is 69.3 Å². The van der Waals surface area contributed by atoms with E-state index >= 15 is 0 Å². The Morgan fingerprint density at radius 1 is 1.10 bits per heavy atom. The van der Waals surface area contributed by atoms with Crippen LogP contribution < -0.4 is 4.72 Å².